The minimum atomic E-state index is -0.134. The Hall–Kier alpha value is -1.76. The van der Waals surface area contributed by atoms with E-state index >= 15 is 0 Å². The molecule has 0 aliphatic rings. The third kappa shape index (κ3) is 1.37. The molecule has 1 amide bonds. The third-order valence-electron chi connectivity index (χ3n) is 1.67. The average Bonchev–Trinajstić information content (AvgIpc) is 2.85. The van der Waals surface area contributed by atoms with Crippen molar-refractivity contribution in [2.75, 3.05) is 7.05 Å². The summed E-state index contributed by atoms with van der Waals surface area (Å²) in [4.78, 5) is 12.0. The van der Waals surface area contributed by atoms with E-state index in [4.69, 9.17) is 0 Å². The van der Waals surface area contributed by atoms with Crippen molar-refractivity contribution in [3.63, 3.8) is 0 Å². The van der Waals surface area contributed by atoms with E-state index in [-0.39, 0.29) is 5.91 Å². The topological polar surface area (TPSA) is 72.7 Å². The Balaban J connectivity index is 2.45. The van der Waals surface area contributed by atoms with Gasteiger partial charge in [-0.15, -0.1) is 16.4 Å². The van der Waals surface area contributed by atoms with Gasteiger partial charge in [-0.1, -0.05) is 0 Å². The lowest BCUT2D eigenvalue weighted by Crippen LogP contribution is -2.18. The Morgan fingerprint density at radius 1 is 1.64 bits per heavy atom. The number of amides is 1. The number of rotatable bonds is 2. The van der Waals surface area contributed by atoms with Gasteiger partial charge in [0.1, 0.15) is 11.2 Å². The van der Waals surface area contributed by atoms with Gasteiger partial charge in [0.25, 0.3) is 5.91 Å². The molecule has 2 heterocycles. The highest BCUT2D eigenvalue weighted by atomic mass is 32.1. The van der Waals surface area contributed by atoms with E-state index in [9.17, 15) is 4.79 Å². The fourth-order valence-corrected chi connectivity index (χ4v) is 1.86. The second-order valence-corrected chi connectivity index (χ2v) is 3.38. The van der Waals surface area contributed by atoms with Crippen molar-refractivity contribution in [3.05, 3.63) is 22.7 Å². The van der Waals surface area contributed by atoms with Gasteiger partial charge in [-0.2, -0.15) is 4.68 Å². The summed E-state index contributed by atoms with van der Waals surface area (Å²) in [6.45, 7) is 0. The first-order chi connectivity index (χ1) is 6.83. The number of hydrogen-bond acceptors (Lipinski definition) is 5. The fourth-order valence-electron chi connectivity index (χ4n) is 1.04. The van der Waals surface area contributed by atoms with E-state index in [1.807, 2.05) is 5.38 Å². The molecule has 6 nitrogen and oxygen atoms in total. The highest BCUT2D eigenvalue weighted by Crippen LogP contribution is 2.19. The quantitative estimate of drug-likeness (QED) is 0.760. The maximum absolute atomic E-state index is 11.4. The lowest BCUT2D eigenvalue weighted by molar-refractivity contribution is 0.0967. The molecular weight excluding hydrogens is 202 g/mol. The van der Waals surface area contributed by atoms with Crippen molar-refractivity contribution in [1.29, 1.82) is 0 Å². The zero-order valence-corrected chi connectivity index (χ0v) is 8.15. The van der Waals surface area contributed by atoms with Gasteiger partial charge in [-0.25, -0.2) is 0 Å². The summed E-state index contributed by atoms with van der Waals surface area (Å²) in [5.41, 5.74) is 0.694. The SMILES string of the molecule is CNC(=O)c1sccc1-n1cnnn1. The molecule has 14 heavy (non-hydrogen) atoms. The first-order valence-corrected chi connectivity index (χ1v) is 4.74. The van der Waals surface area contributed by atoms with Crippen LogP contribution in [0, 0.1) is 0 Å². The molecule has 0 radical (unpaired) electrons. The first-order valence-electron chi connectivity index (χ1n) is 3.86. The normalized spacial score (nSPS) is 10.1. The van der Waals surface area contributed by atoms with Crippen molar-refractivity contribution in [2.24, 2.45) is 0 Å². The Labute approximate surface area is 83.6 Å². The van der Waals surface area contributed by atoms with Gasteiger partial charge in [0.2, 0.25) is 0 Å². The van der Waals surface area contributed by atoms with Crippen molar-refractivity contribution in [1.82, 2.24) is 25.5 Å². The van der Waals surface area contributed by atoms with Crippen LogP contribution >= 0.6 is 11.3 Å². The van der Waals surface area contributed by atoms with Crippen molar-refractivity contribution in [2.45, 2.75) is 0 Å². The van der Waals surface area contributed by atoms with Crippen molar-refractivity contribution >= 4 is 17.2 Å². The molecule has 0 bridgehead atoms. The van der Waals surface area contributed by atoms with Gasteiger partial charge < -0.3 is 5.32 Å². The van der Waals surface area contributed by atoms with Gasteiger partial charge in [-0.3, -0.25) is 4.79 Å². The molecule has 7 heteroatoms. The summed E-state index contributed by atoms with van der Waals surface area (Å²) in [6, 6.07) is 1.80. The number of carbonyl (C=O) groups excluding carboxylic acids is 1. The summed E-state index contributed by atoms with van der Waals surface area (Å²) >= 11 is 1.35. The van der Waals surface area contributed by atoms with Gasteiger partial charge in [0.05, 0.1) is 5.69 Å². The highest BCUT2D eigenvalue weighted by Gasteiger charge is 2.13. The molecule has 2 aromatic heterocycles. The summed E-state index contributed by atoms with van der Waals surface area (Å²) in [5.74, 6) is -0.134. The van der Waals surface area contributed by atoms with Crippen LogP contribution in [0.3, 0.4) is 0 Å². The monoisotopic (exact) mass is 209 g/mol. The van der Waals surface area contributed by atoms with E-state index in [1.54, 1.807) is 13.1 Å². The highest BCUT2D eigenvalue weighted by molar-refractivity contribution is 7.12. The smallest absolute Gasteiger partial charge is 0.263 e. The summed E-state index contributed by atoms with van der Waals surface area (Å²) in [7, 11) is 1.59. The summed E-state index contributed by atoms with van der Waals surface area (Å²) in [6.07, 6.45) is 1.45. The van der Waals surface area contributed by atoms with Crippen molar-refractivity contribution in [3.8, 4) is 5.69 Å². The molecule has 72 valence electrons. The third-order valence-corrected chi connectivity index (χ3v) is 2.58. The predicted molar refractivity (Wildman–Crippen MR) is 50.4 cm³/mol. The molecule has 0 aromatic carbocycles. The number of thiophene rings is 1. The molecule has 0 spiro atoms. The van der Waals surface area contributed by atoms with Crippen LogP contribution in [0.25, 0.3) is 5.69 Å². The maximum atomic E-state index is 11.4. The van der Waals surface area contributed by atoms with Gasteiger partial charge in [0.15, 0.2) is 0 Å². The Morgan fingerprint density at radius 2 is 2.50 bits per heavy atom. The zero-order valence-electron chi connectivity index (χ0n) is 7.34. The van der Waals surface area contributed by atoms with Crippen LogP contribution in [-0.4, -0.2) is 33.2 Å². The molecule has 0 saturated carbocycles. The predicted octanol–water partition coefficient (Wildman–Crippen LogP) is 0.0834. The summed E-state index contributed by atoms with van der Waals surface area (Å²) < 4.78 is 1.46. The molecule has 0 unspecified atom stereocenters. The maximum Gasteiger partial charge on any atom is 0.263 e. The number of aromatic nitrogens is 4. The van der Waals surface area contributed by atoms with E-state index in [0.29, 0.717) is 10.6 Å². The average molecular weight is 209 g/mol. The lowest BCUT2D eigenvalue weighted by atomic mass is 10.4. The van der Waals surface area contributed by atoms with Crippen LogP contribution in [0.4, 0.5) is 0 Å². The van der Waals surface area contributed by atoms with E-state index in [2.05, 4.69) is 20.8 Å². The van der Waals surface area contributed by atoms with Gasteiger partial charge >= 0.3 is 0 Å². The number of tetrazole rings is 1. The van der Waals surface area contributed by atoms with Crippen LogP contribution in [0.15, 0.2) is 17.8 Å². The largest absolute Gasteiger partial charge is 0.354 e. The van der Waals surface area contributed by atoms with Crippen molar-refractivity contribution < 1.29 is 4.79 Å². The first kappa shape index (κ1) is 8.82. The van der Waals surface area contributed by atoms with E-state index in [0.717, 1.165) is 0 Å². The van der Waals surface area contributed by atoms with Gasteiger partial charge in [-0.05, 0) is 21.9 Å². The number of nitrogens with zero attached hydrogens (tertiary/aromatic N) is 4. The zero-order chi connectivity index (χ0) is 9.97. The van der Waals surface area contributed by atoms with Crippen LogP contribution in [0.2, 0.25) is 0 Å². The molecule has 2 aromatic rings. The molecule has 1 N–H and O–H groups in total. The second kappa shape index (κ2) is 3.54. The fraction of sp³-hybridized carbons (Fsp3) is 0.143. The molecular formula is C7H7N5OS. The van der Waals surface area contributed by atoms with E-state index < -0.39 is 0 Å². The Morgan fingerprint density at radius 3 is 3.14 bits per heavy atom. The summed E-state index contributed by atoms with van der Waals surface area (Å²) in [5, 5.41) is 15.1. The molecule has 0 aliphatic heterocycles. The molecule has 2 rings (SSSR count). The standard InChI is InChI=1S/C7H7N5OS/c1-8-7(13)6-5(2-3-14-6)12-4-9-10-11-12/h2-4H,1H3,(H,8,13). The molecule has 0 aliphatic carbocycles. The van der Waals surface area contributed by atoms with E-state index in [1.165, 1.54) is 22.3 Å². The Bertz CT molecular complexity index is 435. The number of carbonyl (C=O) groups is 1. The second-order valence-electron chi connectivity index (χ2n) is 2.47. The Kier molecular flexibility index (Phi) is 2.23. The molecule has 0 atom stereocenters. The number of nitrogens with one attached hydrogen (secondary N) is 1. The minimum absolute atomic E-state index is 0.134. The van der Waals surface area contributed by atoms with Crippen LogP contribution < -0.4 is 5.32 Å². The van der Waals surface area contributed by atoms with Crippen LogP contribution in [-0.2, 0) is 0 Å². The molecule has 0 fully saturated rings. The van der Waals surface area contributed by atoms with Crippen LogP contribution in [0.1, 0.15) is 9.67 Å². The van der Waals surface area contributed by atoms with Crippen LogP contribution in [0.5, 0.6) is 0 Å². The minimum Gasteiger partial charge on any atom is -0.354 e. The number of hydrogen-bond donors (Lipinski definition) is 1. The van der Waals surface area contributed by atoms with Gasteiger partial charge in [0, 0.05) is 7.05 Å². The lowest BCUT2D eigenvalue weighted by Gasteiger charge is -1.99. The molecule has 0 saturated heterocycles.